The van der Waals surface area contributed by atoms with Crippen molar-refractivity contribution in [1.82, 2.24) is 0 Å². The maximum Gasteiger partial charge on any atom is 0.573 e. The van der Waals surface area contributed by atoms with Crippen molar-refractivity contribution in [3.8, 4) is 11.5 Å². The van der Waals surface area contributed by atoms with Crippen LogP contribution < -0.4 is 9.47 Å². The van der Waals surface area contributed by atoms with E-state index < -0.39 is 6.36 Å². The second-order valence-corrected chi connectivity index (χ2v) is 4.27. The minimum atomic E-state index is -4.74. The van der Waals surface area contributed by atoms with Crippen molar-refractivity contribution in [3.05, 3.63) is 59.7 Å². The summed E-state index contributed by atoms with van der Waals surface area (Å²) in [6, 6.07) is 13.5. The summed E-state index contributed by atoms with van der Waals surface area (Å²) in [5.74, 6) is -0.259. The van der Waals surface area contributed by atoms with Gasteiger partial charge in [-0.3, -0.25) is 0 Å². The molecular formula is C15H13F3O2. The molecule has 2 rings (SSSR count). The van der Waals surface area contributed by atoms with E-state index in [2.05, 4.69) is 4.74 Å². The van der Waals surface area contributed by atoms with Gasteiger partial charge < -0.3 is 9.47 Å². The van der Waals surface area contributed by atoms with Gasteiger partial charge in [-0.15, -0.1) is 13.2 Å². The van der Waals surface area contributed by atoms with E-state index in [0.29, 0.717) is 0 Å². The van der Waals surface area contributed by atoms with E-state index >= 15 is 0 Å². The van der Waals surface area contributed by atoms with E-state index in [9.17, 15) is 13.2 Å². The third kappa shape index (κ3) is 4.19. The molecule has 0 N–H and O–H groups in total. The molecule has 0 saturated heterocycles. The lowest BCUT2D eigenvalue weighted by Gasteiger charge is -2.14. The Morgan fingerprint density at radius 2 is 1.65 bits per heavy atom. The van der Waals surface area contributed by atoms with Crippen molar-refractivity contribution in [2.75, 3.05) is 0 Å². The van der Waals surface area contributed by atoms with Gasteiger partial charge in [0, 0.05) is 0 Å². The smallest absolute Gasteiger partial charge is 0.485 e. The summed E-state index contributed by atoms with van der Waals surface area (Å²) in [7, 11) is 0. The third-order valence-corrected chi connectivity index (χ3v) is 2.56. The van der Waals surface area contributed by atoms with E-state index in [1.807, 2.05) is 30.3 Å². The molecule has 0 aliphatic heterocycles. The average molecular weight is 282 g/mol. The summed E-state index contributed by atoms with van der Waals surface area (Å²) >= 11 is 0. The van der Waals surface area contributed by atoms with Gasteiger partial charge in [0.25, 0.3) is 0 Å². The molecule has 0 saturated carbocycles. The second-order valence-electron chi connectivity index (χ2n) is 4.27. The molecule has 0 amide bonds. The van der Waals surface area contributed by atoms with Crippen molar-refractivity contribution in [1.29, 1.82) is 0 Å². The van der Waals surface area contributed by atoms with Crippen LogP contribution in [0.4, 0.5) is 13.2 Å². The van der Waals surface area contributed by atoms with Crippen LogP contribution in [0.1, 0.15) is 11.1 Å². The van der Waals surface area contributed by atoms with Gasteiger partial charge >= 0.3 is 6.36 Å². The molecule has 0 fully saturated rings. The van der Waals surface area contributed by atoms with Gasteiger partial charge in [0.15, 0.2) is 11.5 Å². The average Bonchev–Trinajstić information content (AvgIpc) is 2.39. The molecule has 2 aromatic carbocycles. The largest absolute Gasteiger partial charge is 0.573 e. The lowest BCUT2D eigenvalue weighted by molar-refractivity contribution is -0.275. The lowest BCUT2D eigenvalue weighted by Crippen LogP contribution is -2.17. The van der Waals surface area contributed by atoms with Crippen molar-refractivity contribution in [2.45, 2.75) is 19.9 Å². The van der Waals surface area contributed by atoms with Crippen LogP contribution in [-0.4, -0.2) is 6.36 Å². The molecular weight excluding hydrogens is 269 g/mol. The number of rotatable bonds is 4. The molecule has 2 aromatic rings. The maximum atomic E-state index is 12.3. The highest BCUT2D eigenvalue weighted by Crippen LogP contribution is 2.33. The van der Waals surface area contributed by atoms with Crippen LogP contribution in [0, 0.1) is 6.92 Å². The SMILES string of the molecule is Cc1ccc(OC(F)(F)F)c(OCc2ccccc2)c1. The summed E-state index contributed by atoms with van der Waals surface area (Å²) < 4.78 is 46.3. The van der Waals surface area contributed by atoms with Gasteiger partial charge in [0.2, 0.25) is 0 Å². The lowest BCUT2D eigenvalue weighted by atomic mass is 10.2. The highest BCUT2D eigenvalue weighted by molar-refractivity contribution is 5.42. The summed E-state index contributed by atoms with van der Waals surface area (Å²) in [5, 5.41) is 0. The summed E-state index contributed by atoms with van der Waals surface area (Å²) in [4.78, 5) is 0. The zero-order chi connectivity index (χ0) is 14.6. The second kappa shape index (κ2) is 5.86. The van der Waals surface area contributed by atoms with Crippen LogP contribution in [0.25, 0.3) is 0 Å². The quantitative estimate of drug-likeness (QED) is 0.823. The number of ether oxygens (including phenoxy) is 2. The molecule has 0 aliphatic carbocycles. The molecule has 0 heterocycles. The first-order valence-corrected chi connectivity index (χ1v) is 5.97. The van der Waals surface area contributed by atoms with Crippen LogP contribution in [-0.2, 0) is 6.61 Å². The number of alkyl halides is 3. The molecule has 0 unspecified atom stereocenters. The molecule has 0 aliphatic rings. The molecule has 20 heavy (non-hydrogen) atoms. The van der Waals surface area contributed by atoms with E-state index in [4.69, 9.17) is 4.74 Å². The molecule has 0 spiro atoms. The number of hydrogen-bond acceptors (Lipinski definition) is 2. The molecule has 106 valence electrons. The van der Waals surface area contributed by atoms with Crippen molar-refractivity contribution >= 4 is 0 Å². The normalized spacial score (nSPS) is 11.2. The zero-order valence-corrected chi connectivity index (χ0v) is 10.8. The molecule has 0 bridgehead atoms. The van der Waals surface area contributed by atoms with E-state index in [1.54, 1.807) is 6.92 Å². The monoisotopic (exact) mass is 282 g/mol. The third-order valence-electron chi connectivity index (χ3n) is 2.56. The fraction of sp³-hybridized carbons (Fsp3) is 0.200. The summed E-state index contributed by atoms with van der Waals surface area (Å²) in [6.07, 6.45) is -4.74. The van der Waals surface area contributed by atoms with Gasteiger partial charge in [0.05, 0.1) is 0 Å². The fourth-order valence-corrected chi connectivity index (χ4v) is 1.67. The van der Waals surface area contributed by atoms with Gasteiger partial charge in [-0.25, -0.2) is 0 Å². The number of aryl methyl sites for hydroxylation is 1. The van der Waals surface area contributed by atoms with Crippen LogP contribution >= 0.6 is 0 Å². The highest BCUT2D eigenvalue weighted by Gasteiger charge is 2.32. The molecule has 0 atom stereocenters. The van der Waals surface area contributed by atoms with Gasteiger partial charge in [-0.05, 0) is 30.2 Å². The maximum absolute atomic E-state index is 12.3. The minimum absolute atomic E-state index is 0.0752. The van der Waals surface area contributed by atoms with Gasteiger partial charge in [0.1, 0.15) is 6.61 Å². The minimum Gasteiger partial charge on any atom is -0.485 e. The van der Waals surface area contributed by atoms with Gasteiger partial charge in [-0.2, -0.15) is 0 Å². The zero-order valence-electron chi connectivity index (χ0n) is 10.8. The van der Waals surface area contributed by atoms with Crippen LogP contribution in [0.5, 0.6) is 11.5 Å². The molecule has 5 heteroatoms. The van der Waals surface area contributed by atoms with Crippen LogP contribution in [0.15, 0.2) is 48.5 Å². The van der Waals surface area contributed by atoms with Crippen molar-refractivity contribution in [3.63, 3.8) is 0 Å². The van der Waals surface area contributed by atoms with E-state index in [0.717, 1.165) is 11.1 Å². The van der Waals surface area contributed by atoms with E-state index in [-0.39, 0.29) is 18.1 Å². The Kier molecular flexibility index (Phi) is 4.17. The Balaban J connectivity index is 2.15. The summed E-state index contributed by atoms with van der Waals surface area (Å²) in [6.45, 7) is 1.95. The first-order valence-electron chi connectivity index (χ1n) is 5.97. The Morgan fingerprint density at radius 3 is 2.30 bits per heavy atom. The molecule has 2 nitrogen and oxygen atoms in total. The van der Waals surface area contributed by atoms with Crippen molar-refractivity contribution < 1.29 is 22.6 Å². The highest BCUT2D eigenvalue weighted by atomic mass is 19.4. The van der Waals surface area contributed by atoms with Gasteiger partial charge in [-0.1, -0.05) is 36.4 Å². The Labute approximate surface area is 114 Å². The van der Waals surface area contributed by atoms with E-state index in [1.165, 1.54) is 18.2 Å². The predicted molar refractivity (Wildman–Crippen MR) is 68.6 cm³/mol. The predicted octanol–water partition coefficient (Wildman–Crippen LogP) is 4.47. The number of benzene rings is 2. The number of halogens is 3. The summed E-state index contributed by atoms with van der Waals surface area (Å²) in [5.41, 5.74) is 1.66. The van der Waals surface area contributed by atoms with Crippen LogP contribution in [0.3, 0.4) is 0 Å². The Morgan fingerprint density at radius 1 is 0.950 bits per heavy atom. The molecule has 0 radical (unpaired) electrons. The fourth-order valence-electron chi connectivity index (χ4n) is 1.67. The standard InChI is InChI=1S/C15H13F3O2/c1-11-7-8-13(20-15(16,17)18)14(9-11)19-10-12-5-3-2-4-6-12/h2-9H,10H2,1H3. The first-order chi connectivity index (χ1) is 9.44. The van der Waals surface area contributed by atoms with Crippen LogP contribution in [0.2, 0.25) is 0 Å². The first kappa shape index (κ1) is 14.2. The Hall–Kier alpha value is -2.17. The topological polar surface area (TPSA) is 18.5 Å². The molecule has 0 aromatic heterocycles. The Bertz CT molecular complexity index is 565. The number of hydrogen-bond donors (Lipinski definition) is 0. The van der Waals surface area contributed by atoms with Crippen molar-refractivity contribution in [2.24, 2.45) is 0 Å².